The van der Waals surface area contributed by atoms with E-state index in [2.05, 4.69) is 10.6 Å². The molecule has 2 heterocycles. The van der Waals surface area contributed by atoms with Crippen molar-refractivity contribution in [3.05, 3.63) is 102 Å². The third-order valence-corrected chi connectivity index (χ3v) is 6.52. The Morgan fingerprint density at radius 2 is 1.76 bits per heavy atom. The molecule has 8 nitrogen and oxygen atoms in total. The van der Waals surface area contributed by atoms with Gasteiger partial charge in [0.05, 0.1) is 23.9 Å². The van der Waals surface area contributed by atoms with Crippen LogP contribution in [-0.2, 0) is 9.59 Å². The van der Waals surface area contributed by atoms with E-state index < -0.39 is 11.9 Å². The lowest BCUT2D eigenvalue weighted by Gasteiger charge is -2.33. The summed E-state index contributed by atoms with van der Waals surface area (Å²) in [4.78, 5) is 42.1. The highest BCUT2D eigenvalue weighted by Crippen LogP contribution is 2.37. The molecule has 9 heteroatoms. The molecule has 4 amide bonds. The van der Waals surface area contributed by atoms with E-state index in [4.69, 9.17) is 4.74 Å². The quantitative estimate of drug-likeness (QED) is 0.451. The number of likely N-dealkylation sites (N-methyl/N-ethyl adjacent to an activating group) is 1. The standard InChI is InChI=1S/C29H27FN4O4/c1-2-34-24-18-33(16-15-25(35)31-21-13-11-20(30)12-14-21)28(36)26(24)27(32-29(34)37)19-7-6-10-23(17-19)38-22-8-4-3-5-9-22/h3-14,17,27H,2,15-16,18H2,1H3,(H,31,35)(H,32,37)/t27-/m0/s1. The zero-order valence-corrected chi connectivity index (χ0v) is 20.8. The third kappa shape index (κ3) is 5.22. The zero-order valence-electron chi connectivity index (χ0n) is 20.8. The van der Waals surface area contributed by atoms with E-state index in [0.717, 1.165) is 5.56 Å². The summed E-state index contributed by atoms with van der Waals surface area (Å²) >= 11 is 0. The summed E-state index contributed by atoms with van der Waals surface area (Å²) in [5, 5.41) is 5.68. The lowest BCUT2D eigenvalue weighted by molar-refractivity contribution is -0.126. The van der Waals surface area contributed by atoms with Crippen LogP contribution in [0.25, 0.3) is 0 Å². The Kier molecular flexibility index (Phi) is 7.08. The molecule has 0 saturated carbocycles. The molecule has 2 aliphatic rings. The first-order chi connectivity index (χ1) is 18.4. The predicted molar refractivity (Wildman–Crippen MR) is 140 cm³/mol. The molecule has 3 aromatic rings. The highest BCUT2D eigenvalue weighted by molar-refractivity contribution is 6.02. The Hall–Kier alpha value is -4.66. The third-order valence-electron chi connectivity index (χ3n) is 6.52. The van der Waals surface area contributed by atoms with Gasteiger partial charge in [0.25, 0.3) is 5.91 Å². The van der Waals surface area contributed by atoms with Gasteiger partial charge >= 0.3 is 6.03 Å². The smallest absolute Gasteiger partial charge is 0.322 e. The number of rotatable bonds is 8. The Bertz CT molecular complexity index is 1390. The van der Waals surface area contributed by atoms with Crippen molar-refractivity contribution < 1.29 is 23.5 Å². The summed E-state index contributed by atoms with van der Waals surface area (Å²) < 4.78 is 19.1. The van der Waals surface area contributed by atoms with E-state index in [0.29, 0.717) is 35.0 Å². The average molecular weight is 515 g/mol. The molecule has 0 aliphatic carbocycles. The van der Waals surface area contributed by atoms with E-state index in [1.807, 2.05) is 61.5 Å². The molecule has 5 rings (SSSR count). The van der Waals surface area contributed by atoms with Crippen LogP contribution in [0.15, 0.2) is 90.1 Å². The first-order valence-corrected chi connectivity index (χ1v) is 12.4. The number of halogens is 1. The molecule has 0 unspecified atom stereocenters. The number of carbonyl (C=O) groups excluding carboxylic acids is 3. The normalized spacial score (nSPS) is 16.8. The highest BCUT2D eigenvalue weighted by atomic mass is 19.1. The number of nitrogens with zero attached hydrogens (tertiary/aromatic N) is 2. The number of amides is 4. The van der Waals surface area contributed by atoms with Crippen LogP contribution in [0.2, 0.25) is 0 Å². The maximum Gasteiger partial charge on any atom is 0.322 e. The molecule has 0 fully saturated rings. The van der Waals surface area contributed by atoms with Gasteiger partial charge in [-0.15, -0.1) is 0 Å². The largest absolute Gasteiger partial charge is 0.457 e. The van der Waals surface area contributed by atoms with Crippen LogP contribution in [0.4, 0.5) is 14.9 Å². The molecule has 2 N–H and O–H groups in total. The van der Waals surface area contributed by atoms with Crippen LogP contribution >= 0.6 is 0 Å². The van der Waals surface area contributed by atoms with Gasteiger partial charge in [0, 0.05) is 25.2 Å². The number of para-hydroxylation sites is 1. The Labute approximate surface area is 219 Å². The van der Waals surface area contributed by atoms with Crippen molar-refractivity contribution in [1.29, 1.82) is 0 Å². The van der Waals surface area contributed by atoms with E-state index in [-0.39, 0.29) is 37.4 Å². The number of urea groups is 1. The molecule has 3 aromatic carbocycles. The second-order valence-corrected chi connectivity index (χ2v) is 9.01. The second kappa shape index (κ2) is 10.8. The number of anilines is 1. The number of carbonyl (C=O) groups is 3. The van der Waals surface area contributed by atoms with Crippen LogP contribution in [0, 0.1) is 5.82 Å². The minimum atomic E-state index is -0.648. The monoisotopic (exact) mass is 514 g/mol. The summed E-state index contributed by atoms with van der Waals surface area (Å²) in [6.45, 7) is 2.66. The number of ether oxygens (including phenoxy) is 1. The fourth-order valence-electron chi connectivity index (χ4n) is 4.69. The van der Waals surface area contributed by atoms with Crippen molar-refractivity contribution >= 4 is 23.5 Å². The van der Waals surface area contributed by atoms with Gasteiger partial charge in [-0.25, -0.2) is 9.18 Å². The molecule has 194 valence electrons. The van der Waals surface area contributed by atoms with Crippen molar-refractivity contribution in [3.8, 4) is 11.5 Å². The molecule has 0 aromatic heterocycles. The van der Waals surface area contributed by atoms with Gasteiger partial charge in [-0.1, -0.05) is 30.3 Å². The topological polar surface area (TPSA) is 91.0 Å². The molecule has 0 bridgehead atoms. The van der Waals surface area contributed by atoms with Gasteiger partial charge in [0.1, 0.15) is 17.3 Å². The van der Waals surface area contributed by atoms with Gasteiger partial charge in [-0.05, 0) is 61.0 Å². The van der Waals surface area contributed by atoms with Crippen LogP contribution in [0.1, 0.15) is 24.9 Å². The van der Waals surface area contributed by atoms with Crippen molar-refractivity contribution in [1.82, 2.24) is 15.1 Å². The Balaban J connectivity index is 1.33. The number of hydrogen-bond donors (Lipinski definition) is 2. The molecular weight excluding hydrogens is 487 g/mol. The lowest BCUT2D eigenvalue weighted by atomic mass is 9.95. The minimum absolute atomic E-state index is 0.0578. The summed E-state index contributed by atoms with van der Waals surface area (Å²) in [6, 6.07) is 21.2. The maximum atomic E-state index is 13.6. The molecule has 1 atom stereocenters. The fraction of sp³-hybridized carbons (Fsp3) is 0.207. The molecule has 2 aliphatic heterocycles. The van der Waals surface area contributed by atoms with E-state index in [9.17, 15) is 18.8 Å². The van der Waals surface area contributed by atoms with Gasteiger partial charge < -0.3 is 20.3 Å². The molecular formula is C29H27FN4O4. The number of benzene rings is 3. The first-order valence-electron chi connectivity index (χ1n) is 12.4. The van der Waals surface area contributed by atoms with Crippen molar-refractivity contribution in [2.45, 2.75) is 19.4 Å². The SMILES string of the molecule is CCN1C(=O)N[C@@H](c2cccc(Oc3ccccc3)c2)C2=C1CN(CCC(=O)Nc1ccc(F)cc1)C2=O. The molecule has 0 radical (unpaired) electrons. The second-order valence-electron chi connectivity index (χ2n) is 9.01. The van der Waals surface area contributed by atoms with Crippen LogP contribution < -0.4 is 15.4 Å². The van der Waals surface area contributed by atoms with Gasteiger partial charge in [0.15, 0.2) is 0 Å². The lowest BCUT2D eigenvalue weighted by Crippen LogP contribution is -2.47. The summed E-state index contributed by atoms with van der Waals surface area (Å²) in [5.41, 5.74) is 2.33. The summed E-state index contributed by atoms with van der Waals surface area (Å²) in [5.74, 6) is 0.349. The van der Waals surface area contributed by atoms with Gasteiger partial charge in [-0.3, -0.25) is 14.5 Å². The predicted octanol–water partition coefficient (Wildman–Crippen LogP) is 4.83. The Morgan fingerprint density at radius 3 is 2.50 bits per heavy atom. The van der Waals surface area contributed by atoms with Crippen molar-refractivity contribution in [2.75, 3.05) is 25.0 Å². The summed E-state index contributed by atoms with van der Waals surface area (Å²) in [6.07, 6.45) is 0.0578. The maximum absolute atomic E-state index is 13.6. The molecule has 0 saturated heterocycles. The van der Waals surface area contributed by atoms with Gasteiger partial charge in [-0.2, -0.15) is 0 Å². The molecule has 0 spiro atoms. The van der Waals surface area contributed by atoms with E-state index in [1.54, 1.807) is 9.80 Å². The van der Waals surface area contributed by atoms with Crippen molar-refractivity contribution in [3.63, 3.8) is 0 Å². The van der Waals surface area contributed by atoms with E-state index in [1.165, 1.54) is 24.3 Å². The fourth-order valence-corrected chi connectivity index (χ4v) is 4.69. The highest BCUT2D eigenvalue weighted by Gasteiger charge is 2.43. The van der Waals surface area contributed by atoms with Crippen LogP contribution in [-0.4, -0.2) is 47.3 Å². The number of nitrogens with one attached hydrogen (secondary N) is 2. The van der Waals surface area contributed by atoms with Crippen LogP contribution in [0.5, 0.6) is 11.5 Å². The Morgan fingerprint density at radius 1 is 1.03 bits per heavy atom. The van der Waals surface area contributed by atoms with E-state index >= 15 is 0 Å². The summed E-state index contributed by atoms with van der Waals surface area (Å²) in [7, 11) is 0. The van der Waals surface area contributed by atoms with Crippen LogP contribution in [0.3, 0.4) is 0 Å². The minimum Gasteiger partial charge on any atom is -0.457 e. The number of hydrogen-bond acceptors (Lipinski definition) is 4. The van der Waals surface area contributed by atoms with Gasteiger partial charge in [0.2, 0.25) is 5.91 Å². The zero-order chi connectivity index (χ0) is 26.6. The van der Waals surface area contributed by atoms with Crippen molar-refractivity contribution in [2.24, 2.45) is 0 Å². The first kappa shape index (κ1) is 25.0. The molecule has 38 heavy (non-hydrogen) atoms. The average Bonchev–Trinajstić information content (AvgIpc) is 3.25.